The number of hydrogen-bond donors (Lipinski definition) is 1. The third kappa shape index (κ3) is 1.78. The van der Waals surface area contributed by atoms with E-state index in [0.717, 1.165) is 15.4 Å². The summed E-state index contributed by atoms with van der Waals surface area (Å²) in [4.78, 5) is 4.08. The predicted molar refractivity (Wildman–Crippen MR) is 76.6 cm³/mol. The minimum Gasteiger partial charge on any atom is -0.454 e. The number of nitrogens with zero attached hydrogens (tertiary/aromatic N) is 1. The first-order valence-corrected chi connectivity index (χ1v) is 6.42. The smallest absolute Gasteiger partial charge is 0.157 e. The van der Waals surface area contributed by atoms with Gasteiger partial charge in [-0.25, -0.2) is 4.98 Å². The first-order chi connectivity index (χ1) is 8.66. The molecule has 0 saturated carbocycles. The number of hydrogen-bond acceptors (Lipinski definition) is 3. The number of aromatic nitrogens is 1. The van der Waals surface area contributed by atoms with Gasteiger partial charge in [0.05, 0.1) is 10.6 Å². The largest absolute Gasteiger partial charge is 0.454 e. The maximum Gasteiger partial charge on any atom is 0.157 e. The van der Waals surface area contributed by atoms with Gasteiger partial charge in [-0.05, 0) is 34.1 Å². The number of anilines is 1. The van der Waals surface area contributed by atoms with E-state index in [1.165, 1.54) is 0 Å². The van der Waals surface area contributed by atoms with Crippen molar-refractivity contribution < 1.29 is 4.42 Å². The molecule has 0 spiro atoms. The van der Waals surface area contributed by atoms with Gasteiger partial charge in [-0.1, -0.05) is 23.7 Å². The van der Waals surface area contributed by atoms with Crippen molar-refractivity contribution in [3.63, 3.8) is 0 Å². The Hall–Kier alpha value is -1.52. The van der Waals surface area contributed by atoms with Gasteiger partial charge in [-0.15, -0.1) is 0 Å². The van der Waals surface area contributed by atoms with Gasteiger partial charge in [0.1, 0.15) is 11.4 Å². The fraction of sp³-hybridized carbons (Fsp3) is 0. The lowest BCUT2D eigenvalue weighted by molar-refractivity contribution is 0.631. The van der Waals surface area contributed by atoms with Crippen LogP contribution in [0.15, 0.2) is 45.4 Å². The van der Waals surface area contributed by atoms with Crippen LogP contribution in [-0.4, -0.2) is 4.98 Å². The molecule has 2 heterocycles. The Balaban J connectivity index is 2.31. The molecule has 90 valence electrons. The van der Waals surface area contributed by atoms with Crippen LogP contribution in [0.5, 0.6) is 0 Å². The molecule has 2 N–H and O–H groups in total. The number of halogens is 2. The zero-order chi connectivity index (χ0) is 12.7. The quantitative estimate of drug-likeness (QED) is 0.717. The van der Waals surface area contributed by atoms with Gasteiger partial charge in [-0.3, -0.25) is 0 Å². The van der Waals surface area contributed by atoms with Crippen molar-refractivity contribution in [1.29, 1.82) is 0 Å². The van der Waals surface area contributed by atoms with Gasteiger partial charge < -0.3 is 10.2 Å². The van der Waals surface area contributed by atoms with E-state index in [1.54, 1.807) is 6.20 Å². The van der Waals surface area contributed by atoms with E-state index in [9.17, 15) is 0 Å². The number of fused-ring (bicyclic) bond motifs is 1. The molecule has 0 fully saturated rings. The maximum atomic E-state index is 6.32. The van der Waals surface area contributed by atoms with Crippen LogP contribution in [0, 0.1) is 0 Å². The summed E-state index contributed by atoms with van der Waals surface area (Å²) in [5, 5.41) is 1.42. The van der Waals surface area contributed by atoms with Gasteiger partial charge in [0.2, 0.25) is 0 Å². The molecule has 0 saturated heterocycles. The summed E-state index contributed by atoms with van der Waals surface area (Å²) in [7, 11) is 0. The first-order valence-electron chi connectivity index (χ1n) is 5.25. The zero-order valence-corrected chi connectivity index (χ0v) is 11.5. The molecule has 0 unspecified atom stereocenters. The molecular formula is C13H8BrClN2O. The van der Waals surface area contributed by atoms with E-state index >= 15 is 0 Å². The van der Waals surface area contributed by atoms with Gasteiger partial charge in [0, 0.05) is 16.1 Å². The van der Waals surface area contributed by atoms with Crippen LogP contribution in [0.4, 0.5) is 5.82 Å². The van der Waals surface area contributed by atoms with Crippen molar-refractivity contribution in [1.82, 2.24) is 4.98 Å². The number of nitrogen functional groups attached to an aromatic ring is 1. The van der Waals surface area contributed by atoms with Gasteiger partial charge in [0.25, 0.3) is 0 Å². The van der Waals surface area contributed by atoms with E-state index in [1.807, 2.05) is 30.3 Å². The average Bonchev–Trinajstić information content (AvgIpc) is 2.71. The highest BCUT2D eigenvalue weighted by Gasteiger charge is 2.16. The number of benzene rings is 1. The number of pyridine rings is 1. The molecule has 3 aromatic rings. The lowest BCUT2D eigenvalue weighted by Gasteiger charge is -2.02. The van der Waals surface area contributed by atoms with Crippen LogP contribution in [0.2, 0.25) is 5.02 Å². The predicted octanol–water partition coefficient (Wildman–Crippen LogP) is 4.49. The van der Waals surface area contributed by atoms with E-state index in [4.69, 9.17) is 21.8 Å². The number of furan rings is 1. The molecule has 5 heteroatoms. The summed E-state index contributed by atoms with van der Waals surface area (Å²) in [6, 6.07) is 9.43. The number of para-hydroxylation sites is 1. The van der Waals surface area contributed by atoms with Crippen LogP contribution in [0.1, 0.15) is 0 Å². The van der Waals surface area contributed by atoms with E-state index in [0.29, 0.717) is 22.2 Å². The van der Waals surface area contributed by atoms with Gasteiger partial charge >= 0.3 is 0 Å². The molecule has 0 bridgehead atoms. The summed E-state index contributed by atoms with van der Waals surface area (Å²) < 4.78 is 6.57. The molecular weight excluding hydrogens is 316 g/mol. The molecule has 0 atom stereocenters. The van der Waals surface area contributed by atoms with Crippen LogP contribution < -0.4 is 5.73 Å². The Morgan fingerprint density at radius 1 is 1.28 bits per heavy atom. The molecule has 0 aliphatic carbocycles. The van der Waals surface area contributed by atoms with Crippen LogP contribution >= 0.6 is 27.5 Å². The van der Waals surface area contributed by atoms with Crippen molar-refractivity contribution >= 4 is 44.3 Å². The molecule has 3 rings (SSSR count). The second-order valence-electron chi connectivity index (χ2n) is 3.83. The Kier molecular flexibility index (Phi) is 2.76. The molecule has 18 heavy (non-hydrogen) atoms. The van der Waals surface area contributed by atoms with Crippen molar-refractivity contribution in [3.05, 3.63) is 46.0 Å². The molecule has 2 aromatic heterocycles. The summed E-state index contributed by atoms with van der Waals surface area (Å²) in [5.74, 6) is 0.934. The molecule has 3 nitrogen and oxygen atoms in total. The lowest BCUT2D eigenvalue weighted by Crippen LogP contribution is -1.93. The van der Waals surface area contributed by atoms with E-state index in [2.05, 4.69) is 20.9 Å². The average molecular weight is 324 g/mol. The third-order valence-corrected chi connectivity index (χ3v) is 3.47. The SMILES string of the molecule is Nc1ncc(Br)cc1-c1oc2ccccc2c1Cl. The highest BCUT2D eigenvalue weighted by atomic mass is 79.9. The Morgan fingerprint density at radius 3 is 2.83 bits per heavy atom. The Morgan fingerprint density at radius 2 is 2.06 bits per heavy atom. The fourth-order valence-electron chi connectivity index (χ4n) is 1.82. The number of rotatable bonds is 1. The van der Waals surface area contributed by atoms with Crippen LogP contribution in [0.25, 0.3) is 22.3 Å². The molecule has 0 radical (unpaired) electrons. The molecule has 0 aliphatic rings. The topological polar surface area (TPSA) is 52.0 Å². The summed E-state index contributed by atoms with van der Waals surface area (Å²) in [6.45, 7) is 0. The fourth-order valence-corrected chi connectivity index (χ4v) is 2.45. The maximum absolute atomic E-state index is 6.32. The van der Waals surface area contributed by atoms with Crippen molar-refractivity contribution in [2.24, 2.45) is 0 Å². The number of nitrogens with two attached hydrogens (primary N) is 1. The molecule has 0 amide bonds. The van der Waals surface area contributed by atoms with Crippen LogP contribution in [0.3, 0.4) is 0 Å². The minimum absolute atomic E-state index is 0.388. The Bertz CT molecular complexity index is 739. The van der Waals surface area contributed by atoms with Gasteiger partial charge in [0.15, 0.2) is 5.76 Å². The van der Waals surface area contributed by atoms with Crippen LogP contribution in [-0.2, 0) is 0 Å². The molecule has 1 aromatic carbocycles. The van der Waals surface area contributed by atoms with Crippen molar-refractivity contribution in [2.45, 2.75) is 0 Å². The summed E-state index contributed by atoms with van der Waals surface area (Å²) >= 11 is 9.68. The standard InChI is InChI=1S/C13H8BrClN2O/c14-7-5-9(13(16)17-6-7)12-11(15)8-3-1-2-4-10(8)18-12/h1-6H,(H2,16,17). The van der Waals surface area contributed by atoms with Crippen molar-refractivity contribution in [3.8, 4) is 11.3 Å². The minimum atomic E-state index is 0.388. The first kappa shape index (κ1) is 11.6. The van der Waals surface area contributed by atoms with Gasteiger partial charge in [-0.2, -0.15) is 0 Å². The monoisotopic (exact) mass is 322 g/mol. The summed E-state index contributed by atoms with van der Waals surface area (Å²) in [6.07, 6.45) is 1.63. The molecule has 0 aliphatic heterocycles. The second-order valence-corrected chi connectivity index (χ2v) is 5.12. The van der Waals surface area contributed by atoms with Crippen molar-refractivity contribution in [2.75, 3.05) is 5.73 Å². The highest BCUT2D eigenvalue weighted by molar-refractivity contribution is 9.10. The zero-order valence-electron chi connectivity index (χ0n) is 9.15. The summed E-state index contributed by atoms with van der Waals surface area (Å²) in [5.41, 5.74) is 7.28. The normalized spacial score (nSPS) is 11.0. The van der Waals surface area contributed by atoms with E-state index in [-0.39, 0.29) is 0 Å². The third-order valence-electron chi connectivity index (χ3n) is 2.66. The lowest BCUT2D eigenvalue weighted by atomic mass is 10.2. The highest BCUT2D eigenvalue weighted by Crippen LogP contribution is 2.39. The van der Waals surface area contributed by atoms with E-state index < -0.39 is 0 Å². The second kappa shape index (κ2) is 4.30. The Labute approximate surface area is 117 Å².